The third kappa shape index (κ3) is 3.65. The van der Waals surface area contributed by atoms with Gasteiger partial charge in [-0.05, 0) is 68.1 Å². The monoisotopic (exact) mass is 379 g/mol. The number of H-pyrrole nitrogens is 1. The fourth-order valence-corrected chi connectivity index (χ4v) is 4.69. The van der Waals surface area contributed by atoms with Gasteiger partial charge in [-0.15, -0.1) is 0 Å². The SMILES string of the molecule is CCc1ccc([C@H]2CC(=O)c3c([nH]c(C(=O)OC4CCCCC4)c3C)C2)cc1. The van der Waals surface area contributed by atoms with Crippen LogP contribution in [-0.2, 0) is 17.6 Å². The molecule has 0 saturated heterocycles. The first-order valence-electron chi connectivity index (χ1n) is 10.6. The Balaban J connectivity index is 1.54. The van der Waals surface area contributed by atoms with E-state index in [1.165, 1.54) is 17.5 Å². The van der Waals surface area contributed by atoms with Crippen molar-refractivity contribution in [1.29, 1.82) is 0 Å². The summed E-state index contributed by atoms with van der Waals surface area (Å²) in [6.45, 7) is 4.00. The number of nitrogens with one attached hydrogen (secondary N) is 1. The minimum absolute atomic E-state index is 0.0153. The zero-order chi connectivity index (χ0) is 19.7. The molecule has 2 aliphatic rings. The molecule has 0 unspecified atom stereocenters. The number of ketones is 1. The lowest BCUT2D eigenvalue weighted by atomic mass is 9.81. The molecule has 1 N–H and O–H groups in total. The second-order valence-electron chi connectivity index (χ2n) is 8.27. The number of aryl methyl sites for hydroxylation is 1. The lowest BCUT2D eigenvalue weighted by Crippen LogP contribution is -2.21. The Bertz CT molecular complexity index is 872. The molecule has 2 aromatic rings. The fourth-order valence-electron chi connectivity index (χ4n) is 4.69. The molecule has 1 aromatic heterocycles. The molecular formula is C24H29NO3. The quantitative estimate of drug-likeness (QED) is 0.735. The van der Waals surface area contributed by atoms with Crippen LogP contribution < -0.4 is 0 Å². The Morgan fingerprint density at radius 2 is 1.82 bits per heavy atom. The highest BCUT2D eigenvalue weighted by atomic mass is 16.5. The second-order valence-corrected chi connectivity index (χ2v) is 8.27. The van der Waals surface area contributed by atoms with Crippen LogP contribution in [0.5, 0.6) is 0 Å². The second kappa shape index (κ2) is 7.94. The molecule has 0 amide bonds. The summed E-state index contributed by atoms with van der Waals surface area (Å²) in [6.07, 6.45) is 7.62. The Morgan fingerprint density at radius 1 is 1.11 bits per heavy atom. The van der Waals surface area contributed by atoms with E-state index < -0.39 is 0 Å². The van der Waals surface area contributed by atoms with Gasteiger partial charge in [0.05, 0.1) is 0 Å². The van der Waals surface area contributed by atoms with Crippen molar-refractivity contribution in [2.45, 2.75) is 77.2 Å². The highest BCUT2D eigenvalue weighted by molar-refractivity contribution is 6.03. The largest absolute Gasteiger partial charge is 0.458 e. The summed E-state index contributed by atoms with van der Waals surface area (Å²) >= 11 is 0. The number of carbonyl (C=O) groups excluding carboxylic acids is 2. The number of hydrogen-bond donors (Lipinski definition) is 1. The molecule has 0 bridgehead atoms. The van der Waals surface area contributed by atoms with E-state index in [4.69, 9.17) is 4.74 Å². The van der Waals surface area contributed by atoms with Crippen LogP contribution in [0.15, 0.2) is 24.3 Å². The Morgan fingerprint density at radius 3 is 2.50 bits per heavy atom. The van der Waals surface area contributed by atoms with Crippen molar-refractivity contribution < 1.29 is 14.3 Å². The number of benzene rings is 1. The third-order valence-corrected chi connectivity index (χ3v) is 6.38. The molecule has 1 saturated carbocycles. The zero-order valence-corrected chi connectivity index (χ0v) is 16.8. The molecule has 4 nitrogen and oxygen atoms in total. The van der Waals surface area contributed by atoms with Crippen molar-refractivity contribution in [1.82, 2.24) is 4.98 Å². The van der Waals surface area contributed by atoms with E-state index >= 15 is 0 Å². The summed E-state index contributed by atoms with van der Waals surface area (Å²) < 4.78 is 5.73. The van der Waals surface area contributed by atoms with Gasteiger partial charge in [-0.2, -0.15) is 0 Å². The van der Waals surface area contributed by atoms with Crippen LogP contribution in [0.4, 0.5) is 0 Å². The molecule has 1 fully saturated rings. The van der Waals surface area contributed by atoms with Crippen molar-refractivity contribution in [3.05, 3.63) is 57.9 Å². The van der Waals surface area contributed by atoms with Crippen LogP contribution in [-0.4, -0.2) is 22.8 Å². The summed E-state index contributed by atoms with van der Waals surface area (Å²) in [4.78, 5) is 28.8. The first-order chi connectivity index (χ1) is 13.6. The molecule has 28 heavy (non-hydrogen) atoms. The number of esters is 1. The van der Waals surface area contributed by atoms with Crippen LogP contribution in [0.2, 0.25) is 0 Å². The Hall–Kier alpha value is -2.36. The topological polar surface area (TPSA) is 59.2 Å². The van der Waals surface area contributed by atoms with Gasteiger partial charge in [0, 0.05) is 17.7 Å². The van der Waals surface area contributed by atoms with Crippen LogP contribution in [0.1, 0.15) is 94.6 Å². The van der Waals surface area contributed by atoms with Crippen molar-refractivity contribution >= 4 is 11.8 Å². The normalized spacial score (nSPS) is 20.1. The van der Waals surface area contributed by atoms with E-state index in [9.17, 15) is 9.59 Å². The molecule has 4 heteroatoms. The number of Topliss-reactive ketones (excluding diaryl/α,β-unsaturated/α-hetero) is 1. The van der Waals surface area contributed by atoms with Gasteiger partial charge in [-0.3, -0.25) is 4.79 Å². The molecule has 4 rings (SSSR count). The molecule has 0 radical (unpaired) electrons. The first kappa shape index (κ1) is 19.0. The summed E-state index contributed by atoms with van der Waals surface area (Å²) in [5, 5.41) is 0. The summed E-state index contributed by atoms with van der Waals surface area (Å²) in [6, 6.07) is 8.55. The van der Waals surface area contributed by atoms with E-state index in [-0.39, 0.29) is 23.8 Å². The average molecular weight is 380 g/mol. The van der Waals surface area contributed by atoms with Crippen molar-refractivity contribution in [3.63, 3.8) is 0 Å². The average Bonchev–Trinajstić information content (AvgIpc) is 3.06. The number of rotatable bonds is 4. The zero-order valence-electron chi connectivity index (χ0n) is 16.8. The number of hydrogen-bond acceptors (Lipinski definition) is 3. The van der Waals surface area contributed by atoms with Crippen molar-refractivity contribution in [2.75, 3.05) is 0 Å². The molecule has 0 aliphatic heterocycles. The molecular weight excluding hydrogens is 350 g/mol. The highest BCUT2D eigenvalue weighted by Gasteiger charge is 2.33. The number of aromatic amines is 1. The smallest absolute Gasteiger partial charge is 0.355 e. The number of fused-ring (bicyclic) bond motifs is 1. The Kier molecular flexibility index (Phi) is 5.38. The molecule has 0 spiro atoms. The van der Waals surface area contributed by atoms with Crippen LogP contribution in [0.25, 0.3) is 0 Å². The van der Waals surface area contributed by atoms with Gasteiger partial charge in [0.1, 0.15) is 11.8 Å². The standard InChI is InChI=1S/C24H29NO3/c1-3-16-9-11-17(12-10-16)18-13-20-22(21(26)14-18)15(2)23(25-20)24(27)28-19-7-5-4-6-8-19/h9-12,18-19,25H,3-8,13-14H2,1-2H3/t18-/m1/s1. The van der Waals surface area contributed by atoms with Gasteiger partial charge >= 0.3 is 5.97 Å². The lowest BCUT2D eigenvalue weighted by molar-refractivity contribution is 0.0204. The number of aromatic nitrogens is 1. The summed E-state index contributed by atoms with van der Waals surface area (Å²) in [5.41, 5.74) is 5.29. The minimum atomic E-state index is -0.310. The van der Waals surface area contributed by atoms with Crippen LogP contribution >= 0.6 is 0 Å². The fraction of sp³-hybridized carbons (Fsp3) is 0.500. The van der Waals surface area contributed by atoms with Gasteiger partial charge in [0.2, 0.25) is 0 Å². The number of ether oxygens (including phenoxy) is 1. The highest BCUT2D eigenvalue weighted by Crippen LogP contribution is 2.35. The van der Waals surface area contributed by atoms with Crippen molar-refractivity contribution in [2.24, 2.45) is 0 Å². The van der Waals surface area contributed by atoms with E-state index in [0.29, 0.717) is 17.7 Å². The molecule has 2 aliphatic carbocycles. The van der Waals surface area contributed by atoms with Gasteiger partial charge in [0.25, 0.3) is 0 Å². The molecule has 1 atom stereocenters. The number of carbonyl (C=O) groups is 2. The molecule has 1 aromatic carbocycles. The summed E-state index contributed by atoms with van der Waals surface area (Å²) in [7, 11) is 0. The van der Waals surface area contributed by atoms with Gasteiger partial charge in [-0.1, -0.05) is 37.6 Å². The maximum atomic E-state index is 12.9. The van der Waals surface area contributed by atoms with Gasteiger partial charge < -0.3 is 9.72 Å². The van der Waals surface area contributed by atoms with E-state index in [1.807, 2.05) is 6.92 Å². The maximum absolute atomic E-state index is 12.9. The van der Waals surface area contributed by atoms with Crippen LogP contribution in [0.3, 0.4) is 0 Å². The predicted octanol–water partition coefficient (Wildman–Crippen LogP) is 5.29. The van der Waals surface area contributed by atoms with E-state index in [0.717, 1.165) is 49.8 Å². The van der Waals surface area contributed by atoms with Gasteiger partial charge in [-0.25, -0.2) is 4.79 Å². The van der Waals surface area contributed by atoms with Crippen molar-refractivity contribution in [3.8, 4) is 0 Å². The molecule has 1 heterocycles. The minimum Gasteiger partial charge on any atom is -0.458 e. The lowest BCUT2D eigenvalue weighted by Gasteiger charge is -2.22. The van der Waals surface area contributed by atoms with E-state index in [2.05, 4.69) is 36.2 Å². The summed E-state index contributed by atoms with van der Waals surface area (Å²) in [5.74, 6) is -0.0297. The van der Waals surface area contributed by atoms with Crippen LogP contribution in [0, 0.1) is 6.92 Å². The maximum Gasteiger partial charge on any atom is 0.355 e. The Labute approximate surface area is 166 Å². The van der Waals surface area contributed by atoms with E-state index in [1.54, 1.807) is 0 Å². The van der Waals surface area contributed by atoms with Gasteiger partial charge in [0.15, 0.2) is 5.78 Å². The third-order valence-electron chi connectivity index (χ3n) is 6.38. The molecule has 148 valence electrons. The predicted molar refractivity (Wildman–Crippen MR) is 109 cm³/mol. The first-order valence-corrected chi connectivity index (χ1v) is 10.6.